The summed E-state index contributed by atoms with van der Waals surface area (Å²) in [6, 6.07) is 0.384. The van der Waals surface area contributed by atoms with Gasteiger partial charge in [0, 0.05) is 6.04 Å². The fourth-order valence-corrected chi connectivity index (χ4v) is 1.48. The van der Waals surface area contributed by atoms with Crippen molar-refractivity contribution in [1.29, 1.82) is 0 Å². The second-order valence-electron chi connectivity index (χ2n) is 5.15. The lowest BCUT2D eigenvalue weighted by Gasteiger charge is -2.24. The second kappa shape index (κ2) is 4.10. The molecule has 0 saturated carbocycles. The molecule has 0 aromatic heterocycles. The summed E-state index contributed by atoms with van der Waals surface area (Å²) in [6.45, 7) is 11.2. The van der Waals surface area contributed by atoms with E-state index < -0.39 is 0 Å². The SMILES string of the molecule is CC(C)C[C@H](N)CC(C)(C)C. The van der Waals surface area contributed by atoms with Crippen LogP contribution in [0.5, 0.6) is 0 Å². The predicted molar refractivity (Wildman–Crippen MR) is 51.5 cm³/mol. The Bertz CT molecular complexity index is 99.9. The summed E-state index contributed by atoms with van der Waals surface area (Å²) < 4.78 is 0. The highest BCUT2D eigenvalue weighted by Crippen LogP contribution is 2.22. The summed E-state index contributed by atoms with van der Waals surface area (Å²) in [7, 11) is 0. The van der Waals surface area contributed by atoms with Gasteiger partial charge in [-0.15, -0.1) is 0 Å². The molecule has 11 heavy (non-hydrogen) atoms. The van der Waals surface area contributed by atoms with Crippen LogP contribution in [0.25, 0.3) is 0 Å². The molecule has 0 aliphatic heterocycles. The van der Waals surface area contributed by atoms with E-state index in [9.17, 15) is 0 Å². The molecule has 0 aromatic rings. The van der Waals surface area contributed by atoms with Gasteiger partial charge in [-0.25, -0.2) is 0 Å². The zero-order chi connectivity index (χ0) is 9.07. The maximum absolute atomic E-state index is 5.96. The van der Waals surface area contributed by atoms with Gasteiger partial charge < -0.3 is 5.73 Å². The summed E-state index contributed by atoms with van der Waals surface area (Å²) in [4.78, 5) is 0. The molecule has 0 radical (unpaired) electrons. The first kappa shape index (κ1) is 11.0. The van der Waals surface area contributed by atoms with Gasteiger partial charge in [0.2, 0.25) is 0 Å². The first-order valence-corrected chi connectivity index (χ1v) is 4.57. The van der Waals surface area contributed by atoms with Crippen molar-refractivity contribution in [3.8, 4) is 0 Å². The molecular weight excluding hydrogens is 134 g/mol. The smallest absolute Gasteiger partial charge is 0.00462 e. The Morgan fingerprint density at radius 1 is 1.18 bits per heavy atom. The first-order chi connectivity index (χ1) is 4.81. The molecule has 0 rings (SSSR count). The Labute approximate surface area is 71.4 Å². The average Bonchev–Trinajstić information content (AvgIpc) is 1.53. The first-order valence-electron chi connectivity index (χ1n) is 4.57. The maximum Gasteiger partial charge on any atom is 0.00462 e. The minimum atomic E-state index is 0.383. The molecule has 0 bridgehead atoms. The Morgan fingerprint density at radius 3 is 1.91 bits per heavy atom. The quantitative estimate of drug-likeness (QED) is 0.670. The van der Waals surface area contributed by atoms with Crippen LogP contribution in [-0.2, 0) is 0 Å². The molecular formula is C10H23N. The van der Waals surface area contributed by atoms with Crippen LogP contribution in [0.1, 0.15) is 47.5 Å². The fraction of sp³-hybridized carbons (Fsp3) is 1.00. The zero-order valence-electron chi connectivity index (χ0n) is 8.65. The highest BCUT2D eigenvalue weighted by molar-refractivity contribution is 4.72. The van der Waals surface area contributed by atoms with Gasteiger partial charge >= 0.3 is 0 Å². The molecule has 1 nitrogen and oxygen atoms in total. The van der Waals surface area contributed by atoms with Crippen LogP contribution in [-0.4, -0.2) is 6.04 Å². The third kappa shape index (κ3) is 7.86. The third-order valence-corrected chi connectivity index (χ3v) is 1.65. The van der Waals surface area contributed by atoms with Crippen LogP contribution in [0, 0.1) is 11.3 Å². The largest absolute Gasteiger partial charge is 0.328 e. The molecule has 2 N–H and O–H groups in total. The maximum atomic E-state index is 5.96. The van der Waals surface area contributed by atoms with E-state index in [1.54, 1.807) is 0 Å². The van der Waals surface area contributed by atoms with Crippen molar-refractivity contribution in [3.63, 3.8) is 0 Å². The summed E-state index contributed by atoms with van der Waals surface area (Å²) in [6.07, 6.45) is 2.28. The van der Waals surface area contributed by atoms with Crippen LogP contribution < -0.4 is 5.73 Å². The van der Waals surface area contributed by atoms with Crippen LogP contribution in [0.3, 0.4) is 0 Å². The number of hydrogen-bond acceptors (Lipinski definition) is 1. The molecule has 0 aliphatic carbocycles. The van der Waals surface area contributed by atoms with E-state index in [2.05, 4.69) is 34.6 Å². The predicted octanol–water partition coefficient (Wildman–Crippen LogP) is 2.80. The van der Waals surface area contributed by atoms with Gasteiger partial charge in [-0.05, 0) is 24.2 Å². The van der Waals surface area contributed by atoms with Crippen molar-refractivity contribution in [1.82, 2.24) is 0 Å². The lowest BCUT2D eigenvalue weighted by atomic mass is 9.86. The van der Waals surface area contributed by atoms with Crippen LogP contribution in [0.15, 0.2) is 0 Å². The number of rotatable bonds is 3. The molecule has 1 atom stereocenters. The van der Waals surface area contributed by atoms with Gasteiger partial charge in [0.15, 0.2) is 0 Å². The Balaban J connectivity index is 3.61. The molecule has 1 heteroatoms. The lowest BCUT2D eigenvalue weighted by molar-refractivity contribution is 0.315. The summed E-state index contributed by atoms with van der Waals surface area (Å²) >= 11 is 0. The van der Waals surface area contributed by atoms with Gasteiger partial charge in [0.05, 0.1) is 0 Å². The van der Waals surface area contributed by atoms with E-state index in [1.807, 2.05) is 0 Å². The summed E-state index contributed by atoms with van der Waals surface area (Å²) in [5.41, 5.74) is 6.34. The fourth-order valence-electron chi connectivity index (χ4n) is 1.48. The molecule has 68 valence electrons. The van der Waals surface area contributed by atoms with E-state index >= 15 is 0 Å². The van der Waals surface area contributed by atoms with Gasteiger partial charge in [-0.3, -0.25) is 0 Å². The van der Waals surface area contributed by atoms with Crippen LogP contribution >= 0.6 is 0 Å². The zero-order valence-corrected chi connectivity index (χ0v) is 8.65. The molecule has 0 spiro atoms. The Morgan fingerprint density at radius 2 is 1.64 bits per heavy atom. The standard InChI is InChI=1S/C10H23N/c1-8(2)6-9(11)7-10(3,4)5/h8-9H,6-7,11H2,1-5H3/t9-/m0/s1. The molecule has 0 amide bonds. The average molecular weight is 157 g/mol. The lowest BCUT2D eigenvalue weighted by Crippen LogP contribution is -2.27. The Hall–Kier alpha value is -0.0400. The van der Waals surface area contributed by atoms with Crippen molar-refractivity contribution in [2.24, 2.45) is 17.1 Å². The van der Waals surface area contributed by atoms with Gasteiger partial charge in [-0.1, -0.05) is 34.6 Å². The Kier molecular flexibility index (Phi) is 4.09. The molecule has 0 saturated heterocycles. The van der Waals surface area contributed by atoms with Crippen molar-refractivity contribution < 1.29 is 0 Å². The topological polar surface area (TPSA) is 26.0 Å². The van der Waals surface area contributed by atoms with Crippen LogP contribution in [0.2, 0.25) is 0 Å². The molecule has 0 unspecified atom stereocenters. The second-order valence-corrected chi connectivity index (χ2v) is 5.15. The highest BCUT2D eigenvalue weighted by Gasteiger charge is 2.15. The monoisotopic (exact) mass is 157 g/mol. The molecule has 0 fully saturated rings. The van der Waals surface area contributed by atoms with E-state index in [0.717, 1.165) is 18.8 Å². The molecule has 0 aromatic carbocycles. The van der Waals surface area contributed by atoms with Crippen molar-refractivity contribution in [2.75, 3.05) is 0 Å². The van der Waals surface area contributed by atoms with E-state index in [-0.39, 0.29) is 0 Å². The molecule has 0 heterocycles. The van der Waals surface area contributed by atoms with E-state index in [4.69, 9.17) is 5.73 Å². The summed E-state index contributed by atoms with van der Waals surface area (Å²) in [5, 5.41) is 0. The third-order valence-electron chi connectivity index (χ3n) is 1.65. The number of nitrogens with two attached hydrogens (primary N) is 1. The normalized spacial score (nSPS) is 15.5. The minimum Gasteiger partial charge on any atom is -0.328 e. The number of hydrogen-bond donors (Lipinski definition) is 1. The van der Waals surface area contributed by atoms with Gasteiger partial charge in [0.25, 0.3) is 0 Å². The van der Waals surface area contributed by atoms with Crippen molar-refractivity contribution >= 4 is 0 Å². The van der Waals surface area contributed by atoms with Crippen LogP contribution in [0.4, 0.5) is 0 Å². The van der Waals surface area contributed by atoms with Crippen molar-refractivity contribution in [2.45, 2.75) is 53.5 Å². The summed E-state index contributed by atoms with van der Waals surface area (Å²) in [5.74, 6) is 0.729. The van der Waals surface area contributed by atoms with Crippen molar-refractivity contribution in [3.05, 3.63) is 0 Å². The minimum absolute atomic E-state index is 0.383. The highest BCUT2D eigenvalue weighted by atomic mass is 14.6. The van der Waals surface area contributed by atoms with E-state index in [1.165, 1.54) is 0 Å². The van der Waals surface area contributed by atoms with Gasteiger partial charge in [0.1, 0.15) is 0 Å². The van der Waals surface area contributed by atoms with Gasteiger partial charge in [-0.2, -0.15) is 0 Å². The molecule has 0 aliphatic rings. The van der Waals surface area contributed by atoms with E-state index in [0.29, 0.717) is 11.5 Å².